The maximum absolute atomic E-state index is 9.26. The average molecular weight is 345 g/mol. The summed E-state index contributed by atoms with van der Waals surface area (Å²) in [5, 5.41) is 9.26. The Balaban J connectivity index is 1.72. The number of nitrogens with zero attached hydrogens (tertiary/aromatic N) is 3. The van der Waals surface area contributed by atoms with Gasteiger partial charge in [0.05, 0.1) is 22.5 Å². The summed E-state index contributed by atoms with van der Waals surface area (Å²) in [6.45, 7) is 8.18. The van der Waals surface area contributed by atoms with Crippen LogP contribution in [0.5, 0.6) is 0 Å². The number of hydrogen-bond donors (Lipinski definition) is 0. The highest BCUT2D eigenvalue weighted by Gasteiger charge is 2.51. The minimum Gasteiger partial charge on any atom is -0.399 e. The van der Waals surface area contributed by atoms with E-state index in [0.717, 1.165) is 16.7 Å². The number of benzene rings is 1. The molecule has 3 aromatic rings. The second-order valence-electron chi connectivity index (χ2n) is 7.60. The highest BCUT2D eigenvalue weighted by atomic mass is 16.7. The Hall–Kier alpha value is -2.62. The van der Waals surface area contributed by atoms with Crippen LogP contribution in [0.1, 0.15) is 33.3 Å². The Bertz CT molecular complexity index is 1020. The van der Waals surface area contributed by atoms with Gasteiger partial charge in [0.2, 0.25) is 0 Å². The first kappa shape index (κ1) is 16.8. The third-order valence-electron chi connectivity index (χ3n) is 5.31. The zero-order chi connectivity index (χ0) is 18.5. The molecule has 0 atom stereocenters. The number of fused-ring (bicyclic) bond motifs is 1. The average Bonchev–Trinajstić information content (AvgIpc) is 3.13. The van der Waals surface area contributed by atoms with Crippen molar-refractivity contribution in [1.29, 1.82) is 5.26 Å². The van der Waals surface area contributed by atoms with Gasteiger partial charge in [-0.05, 0) is 45.3 Å². The van der Waals surface area contributed by atoms with Crippen LogP contribution in [-0.2, 0) is 9.31 Å². The van der Waals surface area contributed by atoms with E-state index in [1.807, 2.05) is 74.8 Å². The molecule has 2 aromatic heterocycles. The van der Waals surface area contributed by atoms with E-state index in [0.29, 0.717) is 11.2 Å². The standard InChI is InChI=1S/C20H20BN3O2/c1-19(2)20(3,4)26-21(25-19)16-9-5-7-14(11-16)17-13-24-10-6-8-15(12-22)18(24)23-17/h5-11,13H,1-4H3. The molecule has 4 rings (SSSR count). The van der Waals surface area contributed by atoms with Crippen LogP contribution in [0.3, 0.4) is 0 Å². The van der Waals surface area contributed by atoms with Crippen molar-refractivity contribution in [2.24, 2.45) is 0 Å². The Morgan fingerprint density at radius 2 is 1.81 bits per heavy atom. The number of rotatable bonds is 2. The van der Waals surface area contributed by atoms with Crippen LogP contribution in [0.15, 0.2) is 48.8 Å². The van der Waals surface area contributed by atoms with Crippen molar-refractivity contribution in [2.45, 2.75) is 38.9 Å². The summed E-state index contributed by atoms with van der Waals surface area (Å²) in [6, 6.07) is 13.8. The predicted molar refractivity (Wildman–Crippen MR) is 101 cm³/mol. The van der Waals surface area contributed by atoms with Crippen LogP contribution < -0.4 is 5.46 Å². The van der Waals surface area contributed by atoms with Crippen molar-refractivity contribution in [3.8, 4) is 17.3 Å². The Morgan fingerprint density at radius 1 is 1.08 bits per heavy atom. The van der Waals surface area contributed by atoms with Gasteiger partial charge in [0.1, 0.15) is 6.07 Å². The molecule has 6 heteroatoms. The van der Waals surface area contributed by atoms with Gasteiger partial charge in [0.15, 0.2) is 5.65 Å². The molecule has 0 radical (unpaired) electrons. The highest BCUT2D eigenvalue weighted by Crippen LogP contribution is 2.36. The number of nitriles is 1. The van der Waals surface area contributed by atoms with Crippen LogP contribution in [0.4, 0.5) is 0 Å². The van der Waals surface area contributed by atoms with E-state index in [2.05, 4.69) is 11.1 Å². The highest BCUT2D eigenvalue weighted by molar-refractivity contribution is 6.62. The quantitative estimate of drug-likeness (QED) is 0.670. The Morgan fingerprint density at radius 3 is 2.50 bits per heavy atom. The molecule has 130 valence electrons. The molecule has 26 heavy (non-hydrogen) atoms. The molecule has 0 aliphatic carbocycles. The van der Waals surface area contributed by atoms with Crippen molar-refractivity contribution >= 4 is 18.2 Å². The lowest BCUT2D eigenvalue weighted by Gasteiger charge is -2.32. The number of pyridine rings is 1. The molecule has 3 heterocycles. The molecular formula is C20H20BN3O2. The summed E-state index contributed by atoms with van der Waals surface area (Å²) < 4.78 is 14.2. The van der Waals surface area contributed by atoms with Crippen molar-refractivity contribution in [2.75, 3.05) is 0 Å². The van der Waals surface area contributed by atoms with E-state index in [4.69, 9.17) is 9.31 Å². The Kier molecular flexibility index (Phi) is 3.69. The zero-order valence-electron chi connectivity index (χ0n) is 15.4. The van der Waals surface area contributed by atoms with E-state index >= 15 is 0 Å². The predicted octanol–water partition coefficient (Wildman–Crippen LogP) is 3.17. The molecule has 1 aliphatic heterocycles. The van der Waals surface area contributed by atoms with Crippen molar-refractivity contribution < 1.29 is 9.31 Å². The first-order chi connectivity index (χ1) is 12.3. The summed E-state index contributed by atoms with van der Waals surface area (Å²) in [4.78, 5) is 4.64. The molecule has 5 nitrogen and oxygen atoms in total. The van der Waals surface area contributed by atoms with Gasteiger partial charge in [0, 0.05) is 18.0 Å². The normalized spacial score (nSPS) is 18.2. The largest absolute Gasteiger partial charge is 0.494 e. The first-order valence-electron chi connectivity index (χ1n) is 8.64. The van der Waals surface area contributed by atoms with Gasteiger partial charge in [-0.2, -0.15) is 5.26 Å². The Labute approximate surface area is 153 Å². The van der Waals surface area contributed by atoms with Crippen molar-refractivity contribution in [3.05, 3.63) is 54.4 Å². The van der Waals surface area contributed by atoms with Gasteiger partial charge in [-0.1, -0.05) is 24.3 Å². The van der Waals surface area contributed by atoms with Gasteiger partial charge in [0.25, 0.3) is 0 Å². The van der Waals surface area contributed by atoms with Gasteiger partial charge in [-0.3, -0.25) is 0 Å². The molecule has 1 aliphatic rings. The number of hydrogen-bond acceptors (Lipinski definition) is 4. The molecule has 1 fully saturated rings. The maximum Gasteiger partial charge on any atom is 0.494 e. The fraction of sp³-hybridized carbons (Fsp3) is 0.300. The molecule has 0 N–H and O–H groups in total. The first-order valence-corrected chi connectivity index (χ1v) is 8.64. The molecule has 0 bridgehead atoms. The van der Waals surface area contributed by atoms with E-state index in [9.17, 15) is 5.26 Å². The van der Waals surface area contributed by atoms with E-state index in [1.165, 1.54) is 0 Å². The van der Waals surface area contributed by atoms with E-state index in [-0.39, 0.29) is 11.2 Å². The third kappa shape index (κ3) is 2.61. The van der Waals surface area contributed by atoms with Crippen LogP contribution in [0.25, 0.3) is 16.9 Å². The van der Waals surface area contributed by atoms with E-state index in [1.54, 1.807) is 6.07 Å². The minimum atomic E-state index is -0.411. The summed E-state index contributed by atoms with van der Waals surface area (Å²) in [5.74, 6) is 0. The summed E-state index contributed by atoms with van der Waals surface area (Å²) in [6.07, 6.45) is 3.82. The smallest absolute Gasteiger partial charge is 0.399 e. The third-order valence-corrected chi connectivity index (χ3v) is 5.31. The number of aromatic nitrogens is 2. The van der Waals surface area contributed by atoms with Crippen molar-refractivity contribution in [1.82, 2.24) is 9.38 Å². The fourth-order valence-corrected chi connectivity index (χ4v) is 3.06. The van der Waals surface area contributed by atoms with Gasteiger partial charge in [-0.25, -0.2) is 4.98 Å². The summed E-state index contributed by atoms with van der Waals surface area (Å²) in [5.41, 5.74) is 3.19. The second kappa shape index (κ2) is 5.70. The molecule has 0 amide bonds. The molecule has 0 unspecified atom stereocenters. The molecule has 1 saturated heterocycles. The molecular weight excluding hydrogens is 325 g/mol. The second-order valence-corrected chi connectivity index (χ2v) is 7.60. The zero-order valence-corrected chi connectivity index (χ0v) is 15.4. The lowest BCUT2D eigenvalue weighted by Crippen LogP contribution is -2.41. The molecule has 1 aromatic carbocycles. The summed E-state index contributed by atoms with van der Waals surface area (Å²) in [7, 11) is -0.411. The molecule has 0 saturated carbocycles. The topological polar surface area (TPSA) is 59.5 Å². The van der Waals surface area contributed by atoms with Gasteiger partial charge >= 0.3 is 7.12 Å². The van der Waals surface area contributed by atoms with Crippen molar-refractivity contribution in [3.63, 3.8) is 0 Å². The maximum atomic E-state index is 9.26. The number of imidazole rings is 1. The van der Waals surface area contributed by atoms with Crippen LogP contribution in [0, 0.1) is 11.3 Å². The van der Waals surface area contributed by atoms with Crippen LogP contribution in [0.2, 0.25) is 0 Å². The molecule has 0 spiro atoms. The van der Waals surface area contributed by atoms with E-state index < -0.39 is 7.12 Å². The fourth-order valence-electron chi connectivity index (χ4n) is 3.06. The van der Waals surface area contributed by atoms with Crippen LogP contribution >= 0.6 is 0 Å². The van der Waals surface area contributed by atoms with Gasteiger partial charge < -0.3 is 13.7 Å². The lowest BCUT2D eigenvalue weighted by molar-refractivity contribution is 0.00578. The minimum absolute atomic E-state index is 0.377. The van der Waals surface area contributed by atoms with Gasteiger partial charge in [-0.15, -0.1) is 0 Å². The lowest BCUT2D eigenvalue weighted by atomic mass is 9.78. The SMILES string of the molecule is CC1(C)OB(c2cccc(-c3cn4cccc(C#N)c4n3)c2)OC1(C)C. The monoisotopic (exact) mass is 345 g/mol. The van der Waals surface area contributed by atoms with Crippen LogP contribution in [-0.4, -0.2) is 27.7 Å². The summed E-state index contributed by atoms with van der Waals surface area (Å²) >= 11 is 0.